The predicted octanol–water partition coefficient (Wildman–Crippen LogP) is 1.89. The number of nitrogens with one attached hydrogen (secondary N) is 1. The van der Waals surface area contributed by atoms with Crippen molar-refractivity contribution < 1.29 is 22.5 Å². The van der Waals surface area contributed by atoms with Crippen molar-refractivity contribution in [2.24, 2.45) is 0 Å². The zero-order valence-electron chi connectivity index (χ0n) is 16.4. The Kier molecular flexibility index (Phi) is 5.17. The van der Waals surface area contributed by atoms with Gasteiger partial charge in [0.2, 0.25) is 21.7 Å². The van der Waals surface area contributed by atoms with Crippen LogP contribution >= 0.6 is 0 Å². The lowest BCUT2D eigenvalue weighted by atomic mass is 10.1. The number of hydrogen-bond donors (Lipinski definition) is 1. The summed E-state index contributed by atoms with van der Waals surface area (Å²) in [6.07, 6.45) is 0.0922. The Morgan fingerprint density at radius 3 is 2.73 bits per heavy atom. The number of sulfonamides is 1. The van der Waals surface area contributed by atoms with Crippen molar-refractivity contribution in [2.45, 2.75) is 19.6 Å². The molecule has 0 saturated carbocycles. The summed E-state index contributed by atoms with van der Waals surface area (Å²) in [6, 6.07) is 14.5. The molecule has 3 aromatic rings. The third-order valence-corrected chi connectivity index (χ3v) is 5.74. The van der Waals surface area contributed by atoms with Crippen LogP contribution in [0.4, 0.5) is 5.69 Å². The number of aryl methyl sites for hydroxylation is 1. The Balaban J connectivity index is 1.46. The Labute approximate surface area is 173 Å². The number of anilines is 1. The molecule has 156 valence electrons. The van der Waals surface area contributed by atoms with Crippen molar-refractivity contribution in [3.63, 3.8) is 0 Å². The molecular weight excluding hydrogens is 408 g/mol. The quantitative estimate of drug-likeness (QED) is 0.660. The first-order valence-electron chi connectivity index (χ1n) is 9.22. The summed E-state index contributed by atoms with van der Waals surface area (Å²) in [7, 11) is -3.58. The van der Waals surface area contributed by atoms with E-state index in [9.17, 15) is 13.2 Å². The van der Waals surface area contributed by atoms with E-state index in [0.29, 0.717) is 17.3 Å². The number of carbonyl (C=O) groups excluding carboxylic acids is 1. The Morgan fingerprint density at radius 2 is 2.00 bits per heavy atom. The maximum atomic E-state index is 12.7. The van der Waals surface area contributed by atoms with Crippen LogP contribution in [-0.4, -0.2) is 43.4 Å². The first kappa shape index (κ1) is 19.9. The molecule has 0 radical (unpaired) electrons. The number of hydrogen-bond acceptors (Lipinski definition) is 7. The minimum Gasteiger partial charge on any atom is -0.476 e. The molecule has 0 saturated heterocycles. The molecule has 1 aliphatic heterocycles. The van der Waals surface area contributed by atoms with E-state index in [1.807, 2.05) is 37.3 Å². The Bertz CT molecular complexity index is 1180. The SMILES string of the molecule is Cc1ccc2c(c1)N(S(C)(=O)=O)CC(C(=O)NCc1nc(-c3ccccc3)no1)O2. The van der Waals surface area contributed by atoms with Crippen LogP contribution in [0.1, 0.15) is 11.5 Å². The summed E-state index contributed by atoms with van der Waals surface area (Å²) in [5, 5.41) is 6.57. The number of nitrogens with zero attached hydrogens (tertiary/aromatic N) is 3. The van der Waals surface area contributed by atoms with Crippen LogP contribution in [0.25, 0.3) is 11.4 Å². The fraction of sp³-hybridized carbons (Fsp3) is 0.250. The van der Waals surface area contributed by atoms with E-state index >= 15 is 0 Å². The van der Waals surface area contributed by atoms with Crippen molar-refractivity contribution in [1.82, 2.24) is 15.5 Å². The number of benzene rings is 2. The third-order valence-electron chi connectivity index (χ3n) is 4.59. The topological polar surface area (TPSA) is 115 Å². The van der Waals surface area contributed by atoms with E-state index in [2.05, 4.69) is 15.5 Å². The van der Waals surface area contributed by atoms with Crippen molar-refractivity contribution >= 4 is 21.6 Å². The van der Waals surface area contributed by atoms with Crippen LogP contribution in [0.15, 0.2) is 53.1 Å². The van der Waals surface area contributed by atoms with Gasteiger partial charge in [-0.05, 0) is 24.6 Å². The van der Waals surface area contributed by atoms with E-state index in [4.69, 9.17) is 9.26 Å². The highest BCUT2D eigenvalue weighted by Crippen LogP contribution is 2.35. The average molecular weight is 428 g/mol. The molecule has 1 amide bonds. The van der Waals surface area contributed by atoms with Gasteiger partial charge in [0.15, 0.2) is 6.10 Å². The molecular formula is C20H20N4O5S. The van der Waals surface area contributed by atoms with Gasteiger partial charge in [-0.15, -0.1) is 0 Å². The zero-order chi connectivity index (χ0) is 21.3. The van der Waals surface area contributed by atoms with Crippen LogP contribution < -0.4 is 14.4 Å². The second kappa shape index (κ2) is 7.79. The smallest absolute Gasteiger partial charge is 0.263 e. The maximum absolute atomic E-state index is 12.7. The molecule has 0 bridgehead atoms. The molecule has 0 spiro atoms. The number of ether oxygens (including phenoxy) is 1. The van der Waals surface area contributed by atoms with Gasteiger partial charge in [0.25, 0.3) is 5.91 Å². The number of fused-ring (bicyclic) bond motifs is 1. The van der Waals surface area contributed by atoms with Crippen molar-refractivity contribution in [3.8, 4) is 17.1 Å². The van der Waals surface area contributed by atoms with Gasteiger partial charge >= 0.3 is 0 Å². The second-order valence-electron chi connectivity index (χ2n) is 6.97. The highest BCUT2D eigenvalue weighted by atomic mass is 32.2. The van der Waals surface area contributed by atoms with Crippen molar-refractivity contribution in [2.75, 3.05) is 17.1 Å². The van der Waals surface area contributed by atoms with Crippen LogP contribution in [0, 0.1) is 6.92 Å². The summed E-state index contributed by atoms with van der Waals surface area (Å²) in [6.45, 7) is 1.73. The molecule has 1 unspecified atom stereocenters. The first-order chi connectivity index (χ1) is 14.3. The summed E-state index contributed by atoms with van der Waals surface area (Å²) < 4.78 is 36.6. The van der Waals surface area contributed by atoms with Crippen LogP contribution in [0.5, 0.6) is 5.75 Å². The average Bonchev–Trinajstić information content (AvgIpc) is 3.20. The normalized spacial score (nSPS) is 15.9. The zero-order valence-corrected chi connectivity index (χ0v) is 17.2. The molecule has 1 atom stereocenters. The van der Waals surface area contributed by atoms with Gasteiger partial charge in [0.05, 0.1) is 25.0 Å². The number of carbonyl (C=O) groups is 1. The van der Waals surface area contributed by atoms with Crippen LogP contribution in [0.2, 0.25) is 0 Å². The van der Waals surface area contributed by atoms with Gasteiger partial charge < -0.3 is 14.6 Å². The lowest BCUT2D eigenvalue weighted by Gasteiger charge is -2.34. The van der Waals surface area contributed by atoms with Gasteiger partial charge in [-0.1, -0.05) is 41.6 Å². The van der Waals surface area contributed by atoms with E-state index < -0.39 is 22.0 Å². The Morgan fingerprint density at radius 1 is 1.23 bits per heavy atom. The van der Waals surface area contributed by atoms with Gasteiger partial charge in [0, 0.05) is 5.56 Å². The van der Waals surface area contributed by atoms with Crippen molar-refractivity contribution in [1.29, 1.82) is 0 Å². The van der Waals surface area contributed by atoms with E-state index in [-0.39, 0.29) is 19.0 Å². The molecule has 1 N–H and O–H groups in total. The molecule has 30 heavy (non-hydrogen) atoms. The molecule has 2 heterocycles. The number of rotatable bonds is 5. The standard InChI is InChI=1S/C20H20N4O5S/c1-13-8-9-16-15(10-13)24(30(2,26)27)12-17(28-16)20(25)21-11-18-22-19(23-29-18)14-6-4-3-5-7-14/h3-10,17H,11-12H2,1-2H3,(H,21,25). The lowest BCUT2D eigenvalue weighted by Crippen LogP contribution is -2.50. The van der Waals surface area contributed by atoms with E-state index in [1.54, 1.807) is 18.2 Å². The summed E-state index contributed by atoms with van der Waals surface area (Å²) in [4.78, 5) is 16.9. The fourth-order valence-corrected chi connectivity index (χ4v) is 4.03. The minimum atomic E-state index is -3.58. The highest BCUT2D eigenvalue weighted by Gasteiger charge is 2.35. The Hall–Kier alpha value is -3.40. The minimum absolute atomic E-state index is 0.00183. The van der Waals surface area contributed by atoms with Gasteiger partial charge in [-0.25, -0.2) is 8.42 Å². The number of aromatic nitrogens is 2. The highest BCUT2D eigenvalue weighted by molar-refractivity contribution is 7.92. The molecule has 2 aromatic carbocycles. The van der Waals surface area contributed by atoms with Gasteiger partial charge in [-0.2, -0.15) is 4.98 Å². The molecule has 0 aliphatic carbocycles. The molecule has 4 rings (SSSR count). The number of amides is 1. The van der Waals surface area contributed by atoms with Crippen molar-refractivity contribution in [3.05, 3.63) is 60.0 Å². The lowest BCUT2D eigenvalue weighted by molar-refractivity contribution is -0.128. The largest absolute Gasteiger partial charge is 0.476 e. The van der Waals surface area contributed by atoms with E-state index in [0.717, 1.165) is 17.4 Å². The molecule has 9 nitrogen and oxygen atoms in total. The monoisotopic (exact) mass is 428 g/mol. The molecule has 1 aromatic heterocycles. The fourth-order valence-electron chi connectivity index (χ4n) is 3.12. The summed E-state index contributed by atoms with van der Waals surface area (Å²) >= 11 is 0. The van der Waals surface area contributed by atoms with Crippen LogP contribution in [0.3, 0.4) is 0 Å². The summed E-state index contributed by atoms with van der Waals surface area (Å²) in [5.41, 5.74) is 2.11. The maximum Gasteiger partial charge on any atom is 0.263 e. The van der Waals surface area contributed by atoms with E-state index in [1.165, 1.54) is 4.31 Å². The van der Waals surface area contributed by atoms with Gasteiger partial charge in [0.1, 0.15) is 5.75 Å². The first-order valence-corrected chi connectivity index (χ1v) is 11.1. The summed E-state index contributed by atoms with van der Waals surface area (Å²) in [5.74, 6) is 0.506. The van der Waals surface area contributed by atoms with Crippen LogP contribution in [-0.2, 0) is 21.4 Å². The third kappa shape index (κ3) is 4.13. The predicted molar refractivity (Wildman–Crippen MR) is 109 cm³/mol. The molecule has 10 heteroatoms. The molecule has 0 fully saturated rings. The molecule has 1 aliphatic rings. The second-order valence-corrected chi connectivity index (χ2v) is 8.87. The van der Waals surface area contributed by atoms with Gasteiger partial charge in [-0.3, -0.25) is 9.10 Å².